The van der Waals surface area contributed by atoms with Gasteiger partial charge in [-0.2, -0.15) is 0 Å². The first-order valence-electron chi connectivity index (χ1n) is 22.2. The number of aliphatic hydroxyl groups is 2. The highest BCUT2D eigenvalue weighted by Crippen LogP contribution is 2.58. The summed E-state index contributed by atoms with van der Waals surface area (Å²) in [7, 11) is 0. The average Bonchev–Trinajstić information content (AvgIpc) is 3.33. The van der Waals surface area contributed by atoms with Gasteiger partial charge in [-0.05, 0) is 110 Å². The molecule has 7 nitrogen and oxygen atoms in total. The Kier molecular flexibility index (Phi) is 12.8. The highest BCUT2D eigenvalue weighted by molar-refractivity contribution is 6.22. The lowest BCUT2D eigenvalue weighted by Crippen LogP contribution is -2.53. The van der Waals surface area contributed by atoms with E-state index >= 15 is 14.4 Å². The van der Waals surface area contributed by atoms with Gasteiger partial charge in [0.15, 0.2) is 17.3 Å². The quantitative estimate of drug-likeness (QED) is 0.0934. The summed E-state index contributed by atoms with van der Waals surface area (Å²) >= 11 is 0. The fraction of sp³-hybridized carbons (Fsp3) is 0.246. The molecule has 2 aliphatic carbocycles. The summed E-state index contributed by atoms with van der Waals surface area (Å²) in [6.07, 6.45) is 20.4. The van der Waals surface area contributed by atoms with Crippen LogP contribution in [0.2, 0.25) is 0 Å². The highest BCUT2D eigenvalue weighted by Gasteiger charge is 2.58. The minimum Gasteiger partial charge on any atom is -0.396 e. The van der Waals surface area contributed by atoms with E-state index in [2.05, 4.69) is 47.1 Å². The molecule has 2 aliphatic heterocycles. The summed E-state index contributed by atoms with van der Waals surface area (Å²) in [6, 6.07) is 30.6. The summed E-state index contributed by atoms with van der Waals surface area (Å²) in [6.45, 7) is 7.36. The molecule has 0 radical (unpaired) electrons. The molecule has 4 aromatic rings. The number of Topliss-reactive ketones (excluding diaryl/α,β-unsaturated/α-hetero) is 3. The van der Waals surface area contributed by atoms with Crippen LogP contribution >= 0.6 is 0 Å². The third-order valence-electron chi connectivity index (χ3n) is 13.5. The van der Waals surface area contributed by atoms with E-state index in [0.29, 0.717) is 46.3 Å². The SMILES string of the molecule is Cc1ccc(C)c(C2=CC(C3=CNC=CC3)C(CCO)(C(=O)C3(CCO)C=C(C(=O)c4ccccc4)C(c4cc(C)ccc4C)=CC3C3=CNC=CC3)C=C2C(=O)c2ccccc2)c1. The van der Waals surface area contributed by atoms with Crippen LogP contribution in [0.5, 0.6) is 0 Å². The summed E-state index contributed by atoms with van der Waals surface area (Å²) in [5.74, 6) is -2.07. The predicted molar refractivity (Wildman–Crippen MR) is 256 cm³/mol. The number of benzene rings is 4. The largest absolute Gasteiger partial charge is 0.396 e. The van der Waals surface area contributed by atoms with Crippen LogP contribution in [0.15, 0.2) is 181 Å². The highest BCUT2D eigenvalue weighted by atomic mass is 16.3. The number of rotatable bonds is 14. The maximum Gasteiger partial charge on any atom is 0.193 e. The van der Waals surface area contributed by atoms with Crippen molar-refractivity contribution in [3.63, 3.8) is 0 Å². The van der Waals surface area contributed by atoms with Crippen LogP contribution in [0, 0.1) is 50.4 Å². The molecule has 0 amide bonds. The van der Waals surface area contributed by atoms with Crippen LogP contribution in [0.25, 0.3) is 11.1 Å². The summed E-state index contributed by atoms with van der Waals surface area (Å²) in [4.78, 5) is 47.4. The molecule has 8 rings (SSSR count). The van der Waals surface area contributed by atoms with Gasteiger partial charge in [-0.1, -0.05) is 145 Å². The van der Waals surface area contributed by atoms with Crippen molar-refractivity contribution >= 4 is 28.5 Å². The first kappa shape index (κ1) is 44.0. The molecule has 4 atom stereocenters. The lowest BCUT2D eigenvalue weighted by Gasteiger charge is -2.50. The van der Waals surface area contributed by atoms with E-state index in [4.69, 9.17) is 0 Å². The molecule has 0 fully saturated rings. The van der Waals surface area contributed by atoms with Gasteiger partial charge in [0, 0.05) is 59.7 Å². The third-order valence-corrected chi connectivity index (χ3v) is 13.5. The van der Waals surface area contributed by atoms with E-state index in [0.717, 1.165) is 44.5 Å². The summed E-state index contributed by atoms with van der Waals surface area (Å²) in [5.41, 5.74) is 7.58. The van der Waals surface area contributed by atoms with Crippen LogP contribution in [0.3, 0.4) is 0 Å². The van der Waals surface area contributed by atoms with Crippen molar-refractivity contribution in [3.8, 4) is 0 Å². The maximum atomic E-state index is 17.1. The van der Waals surface area contributed by atoms with Gasteiger partial charge in [-0.25, -0.2) is 0 Å². The van der Waals surface area contributed by atoms with Crippen molar-refractivity contribution in [1.82, 2.24) is 10.6 Å². The zero-order chi connectivity index (χ0) is 45.0. The van der Waals surface area contributed by atoms with Gasteiger partial charge in [-0.15, -0.1) is 0 Å². The molecule has 0 saturated carbocycles. The molecule has 4 N–H and O–H groups in total. The number of ketones is 3. The Morgan fingerprint density at radius 1 is 0.578 bits per heavy atom. The minimum absolute atomic E-state index is 0.0276. The molecule has 64 heavy (non-hydrogen) atoms. The lowest BCUT2D eigenvalue weighted by atomic mass is 9.51. The molecule has 0 saturated heterocycles. The normalized spacial score (nSPS) is 22.7. The first-order chi connectivity index (χ1) is 31.0. The van der Waals surface area contributed by atoms with Crippen molar-refractivity contribution in [2.75, 3.05) is 13.2 Å². The van der Waals surface area contributed by atoms with Crippen molar-refractivity contribution < 1.29 is 24.6 Å². The number of dihydropyridines is 2. The number of carbonyl (C=O) groups is 3. The number of hydrogen-bond acceptors (Lipinski definition) is 7. The Bertz CT molecular complexity index is 2560. The molecule has 324 valence electrons. The van der Waals surface area contributed by atoms with E-state index in [1.807, 2.05) is 125 Å². The van der Waals surface area contributed by atoms with Gasteiger partial charge >= 0.3 is 0 Å². The van der Waals surface area contributed by atoms with Crippen LogP contribution in [0.1, 0.15) is 79.8 Å². The number of aliphatic hydroxyl groups excluding tert-OH is 2. The zero-order valence-electron chi connectivity index (χ0n) is 37.0. The van der Waals surface area contributed by atoms with Crippen molar-refractivity contribution in [3.05, 3.63) is 225 Å². The Hall–Kier alpha value is -6.67. The number of aryl methyl sites for hydroxylation is 4. The second-order valence-corrected chi connectivity index (χ2v) is 17.6. The summed E-state index contributed by atoms with van der Waals surface area (Å²) < 4.78 is 0. The molecule has 0 bridgehead atoms. The topological polar surface area (TPSA) is 116 Å². The molecule has 2 heterocycles. The van der Waals surface area contributed by atoms with E-state index in [1.54, 1.807) is 24.3 Å². The van der Waals surface area contributed by atoms with Gasteiger partial charge < -0.3 is 20.8 Å². The smallest absolute Gasteiger partial charge is 0.193 e. The van der Waals surface area contributed by atoms with E-state index in [-0.39, 0.29) is 43.4 Å². The number of allylic oxidation sites excluding steroid dienone is 12. The van der Waals surface area contributed by atoms with Gasteiger partial charge in [0.05, 0.1) is 10.8 Å². The van der Waals surface area contributed by atoms with Crippen molar-refractivity contribution in [1.29, 1.82) is 0 Å². The molecule has 4 aromatic carbocycles. The second-order valence-electron chi connectivity index (χ2n) is 17.6. The molecule has 0 spiro atoms. The van der Waals surface area contributed by atoms with Gasteiger partial charge in [-0.3, -0.25) is 14.4 Å². The Morgan fingerprint density at radius 3 is 1.34 bits per heavy atom. The van der Waals surface area contributed by atoms with Crippen molar-refractivity contribution in [2.45, 2.75) is 53.4 Å². The number of hydrogen-bond donors (Lipinski definition) is 4. The first-order valence-corrected chi connectivity index (χ1v) is 22.2. The molecular formula is C57H56N2O5. The Morgan fingerprint density at radius 2 is 0.984 bits per heavy atom. The fourth-order valence-corrected chi connectivity index (χ4v) is 10.2. The average molecular weight is 849 g/mol. The minimum atomic E-state index is -1.54. The van der Waals surface area contributed by atoms with Crippen LogP contribution in [-0.2, 0) is 4.79 Å². The second kappa shape index (κ2) is 18.6. The standard InChI is InChI=1S/C57H56N2O5/c1-37-19-21-39(3)45(29-37)47-31-51(43-17-11-25-58-35-43)56(23-27-60,33-49(47)53(62)41-13-7-5-8-14-41)55(64)57(24-28-61)34-50(54(63)42-15-9-6-10-16-42)48(46-30-38(2)20-22-40(46)4)32-52(57)44-18-12-26-59-36-44/h5-16,19-22,25-26,29-36,51-52,58-61H,17-18,23-24,27-28H2,1-4H3. The molecule has 0 aromatic heterocycles. The molecule has 7 heteroatoms. The maximum absolute atomic E-state index is 17.1. The lowest BCUT2D eigenvalue weighted by molar-refractivity contribution is -0.139. The fourth-order valence-electron chi connectivity index (χ4n) is 10.2. The van der Waals surface area contributed by atoms with E-state index < -0.39 is 22.7 Å². The van der Waals surface area contributed by atoms with E-state index in [1.165, 1.54) is 0 Å². The zero-order valence-corrected chi connectivity index (χ0v) is 37.0. The van der Waals surface area contributed by atoms with Crippen LogP contribution in [0.4, 0.5) is 0 Å². The summed E-state index contributed by atoms with van der Waals surface area (Å²) in [5, 5.41) is 29.2. The Labute approximate surface area is 376 Å². The van der Waals surface area contributed by atoms with Gasteiger partial charge in [0.25, 0.3) is 0 Å². The molecular weight excluding hydrogens is 793 g/mol. The van der Waals surface area contributed by atoms with Crippen LogP contribution in [-0.4, -0.2) is 40.8 Å². The number of carbonyl (C=O) groups excluding carboxylic acids is 3. The van der Waals surface area contributed by atoms with Crippen LogP contribution < -0.4 is 10.6 Å². The van der Waals surface area contributed by atoms with Gasteiger partial charge in [0.1, 0.15) is 0 Å². The number of nitrogens with one attached hydrogen (secondary N) is 2. The monoisotopic (exact) mass is 848 g/mol. The van der Waals surface area contributed by atoms with E-state index in [9.17, 15) is 10.2 Å². The molecule has 4 unspecified atom stereocenters. The molecule has 4 aliphatic rings. The predicted octanol–water partition coefficient (Wildman–Crippen LogP) is 10.4. The van der Waals surface area contributed by atoms with Gasteiger partial charge in [0.2, 0.25) is 0 Å². The third kappa shape index (κ3) is 8.18. The van der Waals surface area contributed by atoms with Crippen molar-refractivity contribution in [2.24, 2.45) is 22.7 Å². The Balaban J connectivity index is 1.46.